The Morgan fingerprint density at radius 3 is 1.78 bits per heavy atom. The van der Waals surface area contributed by atoms with E-state index in [2.05, 4.69) is 31.9 Å². The van der Waals surface area contributed by atoms with Gasteiger partial charge in [-0.2, -0.15) is 5.01 Å². The van der Waals surface area contributed by atoms with Crippen LogP contribution in [-0.4, -0.2) is 55.1 Å². The van der Waals surface area contributed by atoms with Gasteiger partial charge in [0.1, 0.15) is 6.04 Å². The van der Waals surface area contributed by atoms with E-state index in [0.717, 1.165) is 16.4 Å². The summed E-state index contributed by atoms with van der Waals surface area (Å²) in [6.45, 7) is 0. The van der Waals surface area contributed by atoms with Gasteiger partial charge in [0, 0.05) is 36.7 Å². The molecule has 3 amide bonds. The lowest BCUT2D eigenvalue weighted by Crippen LogP contribution is -2.58. The molecule has 2 aromatic carbocycles. The minimum absolute atomic E-state index is 0.0235. The van der Waals surface area contributed by atoms with Crippen molar-refractivity contribution in [3.05, 3.63) is 69.7 Å². The van der Waals surface area contributed by atoms with Gasteiger partial charge in [-0.15, -0.1) is 11.6 Å². The first-order valence-electron chi connectivity index (χ1n) is 11.8. The van der Waals surface area contributed by atoms with Crippen molar-refractivity contribution >= 4 is 90.2 Å². The first-order valence-corrected chi connectivity index (χ1v) is 14.9. The van der Waals surface area contributed by atoms with Crippen LogP contribution < -0.4 is 0 Å². The molecule has 37 heavy (non-hydrogen) atoms. The van der Waals surface area contributed by atoms with Crippen molar-refractivity contribution < 1.29 is 19.2 Å². The molecule has 0 spiro atoms. The number of hydrogen-bond donors (Lipinski definition) is 0. The zero-order chi connectivity index (χ0) is 26.6. The summed E-state index contributed by atoms with van der Waals surface area (Å²) in [6.07, 6.45) is 0.774. The Hall–Kier alpha value is -1.45. The monoisotopic (exact) mass is 688 g/mol. The van der Waals surface area contributed by atoms with Gasteiger partial charge in [0.15, 0.2) is 5.78 Å². The first-order chi connectivity index (χ1) is 17.6. The zero-order valence-electron chi connectivity index (χ0n) is 19.2. The van der Waals surface area contributed by atoms with Gasteiger partial charge in [0.05, 0.1) is 11.8 Å². The number of ketones is 1. The van der Waals surface area contributed by atoms with Crippen molar-refractivity contribution in [3.63, 3.8) is 0 Å². The number of carbonyl (C=O) groups is 4. The highest BCUT2D eigenvalue weighted by atomic mass is 79.9. The van der Waals surface area contributed by atoms with Gasteiger partial charge in [-0.1, -0.05) is 55.1 Å². The number of carbonyl (C=O) groups excluding carboxylic acids is 4. The summed E-state index contributed by atoms with van der Waals surface area (Å²) in [4.78, 5) is 55.5. The highest BCUT2D eigenvalue weighted by Crippen LogP contribution is 2.60. The van der Waals surface area contributed by atoms with Crippen molar-refractivity contribution in [1.29, 1.82) is 0 Å². The number of imide groups is 1. The highest BCUT2D eigenvalue weighted by Gasteiger charge is 2.68. The van der Waals surface area contributed by atoms with E-state index >= 15 is 0 Å². The van der Waals surface area contributed by atoms with E-state index < -0.39 is 41.4 Å². The normalized spacial score (nSPS) is 28.9. The van der Waals surface area contributed by atoms with Crippen LogP contribution in [0.5, 0.6) is 0 Å². The molecule has 0 N–H and O–H groups in total. The fourth-order valence-electron chi connectivity index (χ4n) is 5.92. The number of fused-ring (bicyclic) bond motifs is 5. The number of amides is 3. The maximum absolute atomic E-state index is 14.0. The standard InChI is InChI=1S/C26H21Br2Cl3N2O4/c27-21-16-11-17(22(21)28)20-19(16)25(36)33(26(20)37)32(24(35)13-3-7-15(31)8-4-13)18(9-10-29)23(34)12-1-5-14(30)6-2-12/h1-8,16-22H,9-11H2/t16-,17-,18+,19-,20-,21-,22+/m1/s1. The number of hydrazine groups is 1. The molecule has 2 bridgehead atoms. The SMILES string of the molecule is O=C(c1ccc(Cl)cc1)[C@H](CCCl)N(C(=O)c1ccc(Cl)cc1)N1C(=O)[C@@H]2[C@H]3C[C@@H]([C@@H](Br)[C@H]3Br)[C@H]2C1=O. The molecule has 6 nitrogen and oxygen atoms in total. The van der Waals surface area contributed by atoms with E-state index in [0.29, 0.717) is 10.0 Å². The van der Waals surface area contributed by atoms with Gasteiger partial charge in [0.2, 0.25) is 0 Å². The largest absolute Gasteiger partial charge is 0.292 e. The molecule has 2 aliphatic carbocycles. The average Bonchev–Trinajstić information content (AvgIpc) is 3.49. The predicted octanol–water partition coefficient (Wildman–Crippen LogP) is 6.01. The second-order valence-corrected chi connectivity index (χ2v) is 12.9. The fourth-order valence-corrected chi connectivity index (χ4v) is 8.25. The van der Waals surface area contributed by atoms with Crippen LogP contribution in [0.2, 0.25) is 10.0 Å². The summed E-state index contributed by atoms with van der Waals surface area (Å²) in [5.41, 5.74) is 0.471. The Balaban J connectivity index is 1.59. The zero-order valence-corrected chi connectivity index (χ0v) is 24.6. The van der Waals surface area contributed by atoms with Crippen LogP contribution in [0.25, 0.3) is 0 Å². The molecule has 1 aliphatic heterocycles. The van der Waals surface area contributed by atoms with Crippen molar-refractivity contribution in [2.24, 2.45) is 23.7 Å². The van der Waals surface area contributed by atoms with Gasteiger partial charge in [-0.25, -0.2) is 5.01 Å². The van der Waals surface area contributed by atoms with Crippen LogP contribution in [-0.2, 0) is 9.59 Å². The van der Waals surface area contributed by atoms with Crippen LogP contribution in [0.3, 0.4) is 0 Å². The summed E-state index contributed by atoms with van der Waals surface area (Å²) in [7, 11) is 0. The Morgan fingerprint density at radius 1 is 0.865 bits per heavy atom. The fraction of sp³-hybridized carbons (Fsp3) is 0.385. The van der Waals surface area contributed by atoms with Crippen LogP contribution in [0.4, 0.5) is 0 Å². The molecule has 1 heterocycles. The lowest BCUT2D eigenvalue weighted by Gasteiger charge is -2.36. The lowest BCUT2D eigenvalue weighted by atomic mass is 9.81. The average molecular weight is 692 g/mol. The molecule has 7 atom stereocenters. The Labute approximate surface area is 245 Å². The maximum atomic E-state index is 14.0. The maximum Gasteiger partial charge on any atom is 0.273 e. The van der Waals surface area contributed by atoms with Crippen LogP contribution in [0.15, 0.2) is 48.5 Å². The molecule has 0 aromatic heterocycles. The summed E-state index contributed by atoms with van der Waals surface area (Å²) in [5.74, 6) is -3.22. The second kappa shape index (κ2) is 10.6. The van der Waals surface area contributed by atoms with Gasteiger partial charge in [0.25, 0.3) is 17.7 Å². The van der Waals surface area contributed by atoms with Crippen molar-refractivity contribution in [2.45, 2.75) is 28.5 Å². The highest BCUT2D eigenvalue weighted by molar-refractivity contribution is 9.12. The second-order valence-electron chi connectivity index (χ2n) is 9.51. The number of rotatable bonds is 7. The van der Waals surface area contributed by atoms with Crippen molar-refractivity contribution in [1.82, 2.24) is 10.0 Å². The number of halogens is 5. The molecule has 5 rings (SSSR count). The van der Waals surface area contributed by atoms with E-state index in [1.54, 1.807) is 24.3 Å². The third kappa shape index (κ3) is 4.56. The number of nitrogens with zero attached hydrogens (tertiary/aromatic N) is 2. The van der Waals surface area contributed by atoms with Crippen molar-refractivity contribution in [2.75, 3.05) is 5.88 Å². The van der Waals surface area contributed by atoms with E-state index in [9.17, 15) is 19.2 Å². The van der Waals surface area contributed by atoms with Gasteiger partial charge in [-0.3, -0.25) is 19.2 Å². The summed E-state index contributed by atoms with van der Waals surface area (Å²) in [6, 6.07) is 11.1. The number of benzene rings is 2. The lowest BCUT2D eigenvalue weighted by molar-refractivity contribution is -0.157. The van der Waals surface area contributed by atoms with E-state index in [1.165, 1.54) is 24.3 Å². The first kappa shape index (κ1) is 27.1. The van der Waals surface area contributed by atoms with E-state index in [1.807, 2.05) is 0 Å². The molecule has 3 fully saturated rings. The van der Waals surface area contributed by atoms with Gasteiger partial charge < -0.3 is 0 Å². The third-order valence-electron chi connectivity index (χ3n) is 7.59. The molecule has 1 saturated heterocycles. The molecule has 3 aliphatic rings. The third-order valence-corrected chi connectivity index (χ3v) is 11.5. The summed E-state index contributed by atoms with van der Waals surface area (Å²) in [5, 5.41) is 2.81. The molecular formula is C26H21Br2Cl3N2O4. The van der Waals surface area contributed by atoms with Gasteiger partial charge in [-0.05, 0) is 73.2 Å². The Kier molecular flexibility index (Phi) is 7.78. The molecule has 11 heteroatoms. The minimum Gasteiger partial charge on any atom is -0.292 e. The van der Waals surface area contributed by atoms with Crippen LogP contribution in [0.1, 0.15) is 33.6 Å². The smallest absolute Gasteiger partial charge is 0.273 e. The Bertz CT molecular complexity index is 1230. The topological polar surface area (TPSA) is 74.8 Å². The minimum atomic E-state index is -1.19. The number of alkyl halides is 3. The summed E-state index contributed by atoms with van der Waals surface area (Å²) >= 11 is 25.5. The predicted molar refractivity (Wildman–Crippen MR) is 148 cm³/mol. The molecule has 0 unspecified atom stereocenters. The molecule has 0 radical (unpaired) electrons. The number of hydrogen-bond acceptors (Lipinski definition) is 4. The van der Waals surface area contributed by atoms with Gasteiger partial charge >= 0.3 is 0 Å². The van der Waals surface area contributed by atoms with Crippen LogP contribution in [0, 0.1) is 23.7 Å². The molecule has 194 valence electrons. The molecular weight excluding hydrogens is 670 g/mol. The molecule has 2 saturated carbocycles. The van der Waals surface area contributed by atoms with E-state index in [-0.39, 0.29) is 44.9 Å². The van der Waals surface area contributed by atoms with Crippen LogP contribution >= 0.6 is 66.7 Å². The van der Waals surface area contributed by atoms with Crippen molar-refractivity contribution in [3.8, 4) is 0 Å². The quantitative estimate of drug-likeness (QED) is 0.203. The van der Waals surface area contributed by atoms with E-state index in [4.69, 9.17) is 34.8 Å². The summed E-state index contributed by atoms with van der Waals surface area (Å²) < 4.78 is 0. The molecule has 2 aromatic rings. The Morgan fingerprint density at radius 2 is 1.32 bits per heavy atom. The number of Topliss-reactive ketones (excluding diaryl/α,β-unsaturated/α-hetero) is 1.